The molecule has 0 spiro atoms. The van der Waals surface area contributed by atoms with Gasteiger partial charge in [0.25, 0.3) is 0 Å². The van der Waals surface area contributed by atoms with Crippen LogP contribution in [0.4, 0.5) is 4.39 Å². The van der Waals surface area contributed by atoms with Crippen LogP contribution in [0.5, 0.6) is 0 Å². The molecular weight excluding hydrogens is 273 g/mol. The number of nitrogens with zero attached hydrogens (tertiary/aromatic N) is 2. The van der Waals surface area contributed by atoms with Crippen LogP contribution in [-0.4, -0.2) is 36.6 Å². The Morgan fingerprint density at radius 2 is 2.00 bits per heavy atom. The highest BCUT2D eigenvalue weighted by atomic mass is 32.1. The lowest BCUT2D eigenvalue weighted by atomic mass is 10.2. The molecule has 2 aromatic rings. The van der Waals surface area contributed by atoms with Gasteiger partial charge < -0.3 is 10.2 Å². The summed E-state index contributed by atoms with van der Waals surface area (Å²) in [5.74, 6) is -0.218. The van der Waals surface area contributed by atoms with Crippen molar-refractivity contribution in [3.63, 3.8) is 0 Å². The second kappa shape index (κ2) is 6.92. The lowest BCUT2D eigenvalue weighted by Gasteiger charge is -2.17. The van der Waals surface area contributed by atoms with Gasteiger partial charge in [-0.25, -0.2) is 9.37 Å². The molecule has 1 N–H and O–H groups in total. The highest BCUT2D eigenvalue weighted by Gasteiger charge is 2.07. The van der Waals surface area contributed by atoms with Gasteiger partial charge in [0.15, 0.2) is 0 Å². The minimum atomic E-state index is -0.218. The van der Waals surface area contributed by atoms with Crippen LogP contribution < -0.4 is 5.32 Å². The Kier molecular flexibility index (Phi) is 5.23. The Labute approximate surface area is 123 Å². The van der Waals surface area contributed by atoms with Crippen molar-refractivity contribution in [1.29, 1.82) is 0 Å². The van der Waals surface area contributed by atoms with Crippen LogP contribution in [0.3, 0.4) is 0 Å². The summed E-state index contributed by atoms with van der Waals surface area (Å²) in [6.07, 6.45) is 0. The number of hydrogen-bond acceptors (Lipinski definition) is 4. The summed E-state index contributed by atoms with van der Waals surface area (Å²) >= 11 is 1.59. The van der Waals surface area contributed by atoms with Crippen LogP contribution >= 0.6 is 11.3 Å². The fourth-order valence-corrected chi connectivity index (χ4v) is 2.83. The summed E-state index contributed by atoms with van der Waals surface area (Å²) in [6.45, 7) is 3.91. The molecule has 1 aromatic heterocycles. The first-order chi connectivity index (χ1) is 9.54. The SMILES string of the molecule is CC(CN(C)C)NCc1csc(-c2ccc(F)cc2)n1. The predicted molar refractivity (Wildman–Crippen MR) is 82.4 cm³/mol. The lowest BCUT2D eigenvalue weighted by molar-refractivity contribution is 0.348. The minimum absolute atomic E-state index is 0.218. The molecule has 1 atom stereocenters. The Morgan fingerprint density at radius 1 is 1.30 bits per heavy atom. The van der Waals surface area contributed by atoms with E-state index >= 15 is 0 Å². The van der Waals surface area contributed by atoms with E-state index in [9.17, 15) is 4.39 Å². The highest BCUT2D eigenvalue weighted by molar-refractivity contribution is 7.13. The van der Waals surface area contributed by atoms with E-state index < -0.39 is 0 Å². The molecule has 20 heavy (non-hydrogen) atoms. The third-order valence-electron chi connectivity index (χ3n) is 2.91. The van der Waals surface area contributed by atoms with Gasteiger partial charge in [-0.1, -0.05) is 0 Å². The van der Waals surface area contributed by atoms with E-state index in [0.29, 0.717) is 6.04 Å². The third kappa shape index (κ3) is 4.37. The molecule has 0 aliphatic carbocycles. The van der Waals surface area contributed by atoms with Gasteiger partial charge in [0.05, 0.1) is 5.69 Å². The molecular formula is C15H20FN3S. The molecule has 0 radical (unpaired) electrons. The maximum atomic E-state index is 12.9. The average molecular weight is 293 g/mol. The monoisotopic (exact) mass is 293 g/mol. The lowest BCUT2D eigenvalue weighted by Crippen LogP contribution is -2.35. The first-order valence-corrected chi connectivity index (χ1v) is 7.51. The number of likely N-dealkylation sites (N-methyl/N-ethyl adjacent to an activating group) is 1. The van der Waals surface area contributed by atoms with Gasteiger partial charge in [0.2, 0.25) is 0 Å². The second-order valence-corrected chi connectivity index (χ2v) is 6.05. The van der Waals surface area contributed by atoms with Crippen molar-refractivity contribution in [3.05, 3.63) is 41.2 Å². The molecule has 0 amide bonds. The number of aromatic nitrogens is 1. The molecule has 0 saturated carbocycles. The van der Waals surface area contributed by atoms with Crippen LogP contribution in [0.25, 0.3) is 10.6 Å². The zero-order valence-corrected chi connectivity index (χ0v) is 12.9. The van der Waals surface area contributed by atoms with Crippen molar-refractivity contribution in [2.45, 2.75) is 19.5 Å². The van der Waals surface area contributed by atoms with Crippen LogP contribution in [0.2, 0.25) is 0 Å². The van der Waals surface area contributed by atoms with E-state index in [-0.39, 0.29) is 5.82 Å². The van der Waals surface area contributed by atoms with E-state index in [1.54, 1.807) is 23.5 Å². The molecule has 0 saturated heterocycles. The number of halogens is 1. The van der Waals surface area contributed by atoms with Gasteiger partial charge in [-0.05, 0) is 45.3 Å². The molecule has 0 bridgehead atoms. The van der Waals surface area contributed by atoms with Crippen LogP contribution in [0.15, 0.2) is 29.6 Å². The number of nitrogens with one attached hydrogen (secondary N) is 1. The fourth-order valence-electron chi connectivity index (χ4n) is 2.00. The minimum Gasteiger partial charge on any atom is -0.308 e. The Bertz CT molecular complexity index is 536. The van der Waals surface area contributed by atoms with Crippen molar-refractivity contribution in [2.24, 2.45) is 0 Å². The summed E-state index contributed by atoms with van der Waals surface area (Å²) in [7, 11) is 4.13. The molecule has 2 rings (SSSR count). The van der Waals surface area contributed by atoms with Gasteiger partial charge in [-0.2, -0.15) is 0 Å². The first kappa shape index (κ1) is 15.1. The molecule has 108 valence electrons. The predicted octanol–water partition coefficient (Wildman–Crippen LogP) is 2.99. The molecule has 1 heterocycles. The van der Waals surface area contributed by atoms with Gasteiger partial charge in [0, 0.05) is 30.1 Å². The van der Waals surface area contributed by atoms with Crippen molar-refractivity contribution >= 4 is 11.3 Å². The standard InChI is InChI=1S/C15H20FN3S/c1-11(9-19(2)3)17-8-14-10-20-15(18-14)12-4-6-13(16)7-5-12/h4-7,10-11,17H,8-9H2,1-3H3. The number of rotatable bonds is 6. The zero-order valence-electron chi connectivity index (χ0n) is 12.1. The quantitative estimate of drug-likeness (QED) is 0.887. The molecule has 5 heteroatoms. The van der Waals surface area contributed by atoms with E-state index in [2.05, 4.69) is 36.2 Å². The van der Waals surface area contributed by atoms with Gasteiger partial charge in [-0.15, -0.1) is 11.3 Å². The van der Waals surface area contributed by atoms with Crippen molar-refractivity contribution in [1.82, 2.24) is 15.2 Å². The number of thiazole rings is 1. The van der Waals surface area contributed by atoms with Gasteiger partial charge in [-0.3, -0.25) is 0 Å². The number of benzene rings is 1. The summed E-state index contributed by atoms with van der Waals surface area (Å²) in [5, 5.41) is 6.43. The largest absolute Gasteiger partial charge is 0.308 e. The third-order valence-corrected chi connectivity index (χ3v) is 3.85. The smallest absolute Gasteiger partial charge is 0.123 e. The molecule has 0 aliphatic rings. The van der Waals surface area contributed by atoms with E-state index in [4.69, 9.17) is 0 Å². The Balaban J connectivity index is 1.94. The maximum Gasteiger partial charge on any atom is 0.123 e. The molecule has 3 nitrogen and oxygen atoms in total. The topological polar surface area (TPSA) is 28.2 Å². The summed E-state index contributed by atoms with van der Waals surface area (Å²) < 4.78 is 12.9. The first-order valence-electron chi connectivity index (χ1n) is 6.63. The van der Waals surface area contributed by atoms with Crippen molar-refractivity contribution in [2.75, 3.05) is 20.6 Å². The highest BCUT2D eigenvalue weighted by Crippen LogP contribution is 2.23. The van der Waals surface area contributed by atoms with Gasteiger partial charge >= 0.3 is 0 Å². The van der Waals surface area contributed by atoms with Crippen LogP contribution in [-0.2, 0) is 6.54 Å². The van der Waals surface area contributed by atoms with E-state index in [1.165, 1.54) is 12.1 Å². The maximum absolute atomic E-state index is 12.9. The Morgan fingerprint density at radius 3 is 2.65 bits per heavy atom. The second-order valence-electron chi connectivity index (χ2n) is 5.20. The van der Waals surface area contributed by atoms with Crippen molar-refractivity contribution in [3.8, 4) is 10.6 Å². The number of hydrogen-bond donors (Lipinski definition) is 1. The van der Waals surface area contributed by atoms with E-state index in [0.717, 1.165) is 29.4 Å². The van der Waals surface area contributed by atoms with E-state index in [1.807, 2.05) is 5.38 Å². The average Bonchev–Trinajstić information content (AvgIpc) is 2.85. The molecule has 1 aromatic carbocycles. The molecule has 0 aliphatic heterocycles. The summed E-state index contributed by atoms with van der Waals surface area (Å²) in [5.41, 5.74) is 1.99. The normalized spacial score (nSPS) is 12.8. The summed E-state index contributed by atoms with van der Waals surface area (Å²) in [4.78, 5) is 6.74. The Hall–Kier alpha value is -1.30. The molecule has 1 unspecified atom stereocenters. The molecule has 0 fully saturated rings. The van der Waals surface area contributed by atoms with Crippen LogP contribution in [0.1, 0.15) is 12.6 Å². The summed E-state index contributed by atoms with van der Waals surface area (Å²) in [6, 6.07) is 6.88. The van der Waals surface area contributed by atoms with Gasteiger partial charge in [0.1, 0.15) is 10.8 Å². The fraction of sp³-hybridized carbons (Fsp3) is 0.400. The zero-order chi connectivity index (χ0) is 14.5. The van der Waals surface area contributed by atoms with Crippen molar-refractivity contribution < 1.29 is 4.39 Å². The van der Waals surface area contributed by atoms with Crippen LogP contribution in [0, 0.1) is 5.82 Å².